The summed E-state index contributed by atoms with van der Waals surface area (Å²) >= 11 is 0. The van der Waals surface area contributed by atoms with Gasteiger partial charge in [-0.15, -0.1) is 0 Å². The topological polar surface area (TPSA) is 72.9 Å². The van der Waals surface area contributed by atoms with Crippen LogP contribution in [-0.4, -0.2) is 21.4 Å². The molecule has 14 heavy (non-hydrogen) atoms. The first-order chi connectivity index (χ1) is 6.47. The van der Waals surface area contributed by atoms with Gasteiger partial charge in [0.05, 0.1) is 6.54 Å². The van der Waals surface area contributed by atoms with E-state index in [4.69, 9.17) is 0 Å². The van der Waals surface area contributed by atoms with Crippen molar-refractivity contribution in [3.8, 4) is 0 Å². The van der Waals surface area contributed by atoms with E-state index in [0.717, 1.165) is 0 Å². The molecule has 0 bridgehead atoms. The van der Waals surface area contributed by atoms with Gasteiger partial charge in [-0.2, -0.15) is 8.78 Å². The third kappa shape index (κ3) is 2.05. The van der Waals surface area contributed by atoms with Gasteiger partial charge in [0.25, 0.3) is 0 Å². The van der Waals surface area contributed by atoms with Crippen LogP contribution in [0.5, 0.6) is 0 Å². The van der Waals surface area contributed by atoms with Crippen molar-refractivity contribution in [3.05, 3.63) is 18.2 Å². The zero-order valence-electron chi connectivity index (χ0n) is 7.50. The van der Waals surface area contributed by atoms with Crippen LogP contribution in [0.15, 0.2) is 12.4 Å². The van der Waals surface area contributed by atoms with Crippen LogP contribution in [0.1, 0.15) is 5.82 Å². The number of carbonyl (C=O) groups is 1. The van der Waals surface area contributed by atoms with Gasteiger partial charge >= 0.3 is 11.8 Å². The van der Waals surface area contributed by atoms with Gasteiger partial charge in [0.1, 0.15) is 5.82 Å². The second-order valence-corrected chi connectivity index (χ2v) is 2.78. The highest BCUT2D eigenvalue weighted by atomic mass is 19.3. The van der Waals surface area contributed by atoms with E-state index in [0.29, 0.717) is 5.82 Å². The summed E-state index contributed by atoms with van der Waals surface area (Å²) in [5, 5.41) is 0. The lowest BCUT2D eigenvalue weighted by atomic mass is 10.3. The quantitative estimate of drug-likeness (QED) is 0.407. The summed E-state index contributed by atoms with van der Waals surface area (Å²) < 4.78 is 27.2. The van der Waals surface area contributed by atoms with Gasteiger partial charge in [-0.3, -0.25) is 10.2 Å². The van der Waals surface area contributed by atoms with Crippen LogP contribution in [0, 0.1) is 6.92 Å². The van der Waals surface area contributed by atoms with Crippen molar-refractivity contribution >= 4 is 5.91 Å². The average Bonchev–Trinajstić information content (AvgIpc) is 2.50. The zero-order chi connectivity index (χ0) is 10.8. The lowest BCUT2D eigenvalue weighted by Gasteiger charge is -2.15. The fourth-order valence-electron chi connectivity index (χ4n) is 0.962. The number of imidazole rings is 1. The number of aromatic nitrogens is 2. The Kier molecular flexibility index (Phi) is 2.80. The summed E-state index contributed by atoms with van der Waals surface area (Å²) in [6.07, 6.45) is 2.75. The highest BCUT2D eigenvalue weighted by Crippen LogP contribution is 2.16. The van der Waals surface area contributed by atoms with Crippen LogP contribution < -0.4 is 11.3 Å². The number of nitrogens with two attached hydrogens (primary N) is 1. The van der Waals surface area contributed by atoms with Gasteiger partial charge < -0.3 is 4.57 Å². The molecule has 0 spiro atoms. The number of hydrazine groups is 1. The molecule has 0 unspecified atom stereocenters. The maximum atomic E-state index is 13.0. The second-order valence-electron chi connectivity index (χ2n) is 2.78. The third-order valence-corrected chi connectivity index (χ3v) is 1.76. The van der Waals surface area contributed by atoms with E-state index >= 15 is 0 Å². The molecule has 0 aliphatic rings. The lowest BCUT2D eigenvalue weighted by molar-refractivity contribution is -0.147. The molecule has 0 saturated heterocycles. The van der Waals surface area contributed by atoms with Crippen molar-refractivity contribution in [2.45, 2.75) is 19.4 Å². The van der Waals surface area contributed by atoms with Crippen LogP contribution in [0.25, 0.3) is 0 Å². The summed E-state index contributed by atoms with van der Waals surface area (Å²) in [4.78, 5) is 14.4. The Morgan fingerprint density at radius 1 is 1.79 bits per heavy atom. The predicted octanol–water partition coefficient (Wildman–Crippen LogP) is -0.183. The molecule has 1 rings (SSSR count). The molecule has 0 radical (unpaired) electrons. The molecule has 0 atom stereocenters. The minimum Gasteiger partial charge on any atom is -0.329 e. The summed E-state index contributed by atoms with van der Waals surface area (Å²) in [7, 11) is 0. The van der Waals surface area contributed by atoms with Crippen molar-refractivity contribution in [1.82, 2.24) is 15.0 Å². The van der Waals surface area contributed by atoms with Crippen molar-refractivity contribution in [1.29, 1.82) is 0 Å². The summed E-state index contributed by atoms with van der Waals surface area (Å²) in [5.74, 6) is -0.00395. The maximum absolute atomic E-state index is 13.0. The van der Waals surface area contributed by atoms with Crippen LogP contribution in [0.4, 0.5) is 8.78 Å². The van der Waals surface area contributed by atoms with Crippen molar-refractivity contribution < 1.29 is 13.6 Å². The van der Waals surface area contributed by atoms with Gasteiger partial charge in [0.2, 0.25) is 0 Å². The molecule has 0 fully saturated rings. The highest BCUT2D eigenvalue weighted by molar-refractivity contribution is 5.82. The molecule has 1 aromatic rings. The Bertz CT molecular complexity index is 336. The number of hydrogen-bond acceptors (Lipinski definition) is 3. The van der Waals surface area contributed by atoms with Crippen LogP contribution >= 0.6 is 0 Å². The Hall–Kier alpha value is -1.50. The molecular formula is C7H10F2N4O. The lowest BCUT2D eigenvalue weighted by Crippen LogP contribution is -2.46. The first-order valence-corrected chi connectivity index (χ1v) is 3.84. The first-order valence-electron chi connectivity index (χ1n) is 3.84. The minimum atomic E-state index is -3.53. The number of carbonyl (C=O) groups excluding carboxylic acids is 1. The smallest absolute Gasteiger partial charge is 0.329 e. The molecule has 1 heterocycles. The van der Waals surface area contributed by atoms with Crippen molar-refractivity contribution in [2.75, 3.05) is 0 Å². The van der Waals surface area contributed by atoms with E-state index in [1.165, 1.54) is 22.4 Å². The van der Waals surface area contributed by atoms with Gasteiger partial charge in [-0.25, -0.2) is 10.8 Å². The normalized spacial score (nSPS) is 11.4. The van der Waals surface area contributed by atoms with E-state index < -0.39 is 18.4 Å². The van der Waals surface area contributed by atoms with Gasteiger partial charge in [0, 0.05) is 12.4 Å². The molecule has 3 N–H and O–H groups in total. The van der Waals surface area contributed by atoms with Crippen molar-refractivity contribution in [3.63, 3.8) is 0 Å². The molecule has 7 heteroatoms. The zero-order valence-corrected chi connectivity index (χ0v) is 7.50. The van der Waals surface area contributed by atoms with Crippen LogP contribution in [0.3, 0.4) is 0 Å². The predicted molar refractivity (Wildman–Crippen MR) is 44.2 cm³/mol. The number of nitrogens with one attached hydrogen (secondary N) is 1. The molecule has 0 aromatic carbocycles. The summed E-state index contributed by atoms with van der Waals surface area (Å²) in [6, 6.07) is 0. The molecule has 0 aliphatic carbocycles. The first kappa shape index (κ1) is 10.6. The number of halogens is 2. The minimum absolute atomic E-state index is 0.412. The summed E-state index contributed by atoms with van der Waals surface area (Å²) in [5.41, 5.74) is 1.41. The largest absolute Gasteiger partial charge is 0.343 e. The Labute approximate surface area is 78.9 Å². The van der Waals surface area contributed by atoms with E-state index in [9.17, 15) is 13.6 Å². The van der Waals surface area contributed by atoms with Crippen molar-refractivity contribution in [2.24, 2.45) is 5.84 Å². The molecule has 78 valence electrons. The highest BCUT2D eigenvalue weighted by Gasteiger charge is 2.38. The van der Waals surface area contributed by atoms with Crippen LogP contribution in [-0.2, 0) is 11.3 Å². The monoisotopic (exact) mass is 204 g/mol. The van der Waals surface area contributed by atoms with E-state index in [-0.39, 0.29) is 0 Å². The number of aryl methyl sites for hydroxylation is 1. The number of nitrogens with zero attached hydrogens (tertiary/aromatic N) is 2. The Morgan fingerprint density at radius 2 is 2.43 bits per heavy atom. The second kappa shape index (κ2) is 3.70. The Balaban J connectivity index is 2.78. The van der Waals surface area contributed by atoms with Gasteiger partial charge in [0.15, 0.2) is 0 Å². The maximum Gasteiger partial charge on any atom is 0.343 e. The Morgan fingerprint density at radius 3 is 2.86 bits per heavy atom. The van der Waals surface area contributed by atoms with E-state index in [2.05, 4.69) is 10.8 Å². The number of hydrogen-bond donors (Lipinski definition) is 2. The summed E-state index contributed by atoms with van der Waals surface area (Å²) in [6.45, 7) is 0.804. The standard InChI is InChI=1S/C7H10F2N4O/c1-5-11-2-3-13(5)4-7(8,9)6(14)12-10/h2-3H,4,10H2,1H3,(H,12,14). The van der Waals surface area contributed by atoms with E-state index in [1.54, 1.807) is 6.92 Å². The molecule has 0 aliphatic heterocycles. The fourth-order valence-corrected chi connectivity index (χ4v) is 0.962. The number of alkyl halides is 2. The van der Waals surface area contributed by atoms with E-state index in [1.807, 2.05) is 0 Å². The molecule has 0 saturated carbocycles. The molecule has 1 amide bonds. The number of rotatable bonds is 3. The van der Waals surface area contributed by atoms with Gasteiger partial charge in [-0.1, -0.05) is 0 Å². The third-order valence-electron chi connectivity index (χ3n) is 1.76. The van der Waals surface area contributed by atoms with Crippen LogP contribution in [0.2, 0.25) is 0 Å². The van der Waals surface area contributed by atoms with Gasteiger partial charge in [-0.05, 0) is 6.92 Å². The molecular weight excluding hydrogens is 194 g/mol. The fraction of sp³-hybridized carbons (Fsp3) is 0.429. The molecule has 1 aromatic heterocycles. The molecule has 5 nitrogen and oxygen atoms in total. The SMILES string of the molecule is Cc1nccn1CC(F)(F)C(=O)NN. The number of amides is 1. The average molecular weight is 204 g/mol.